The molecule has 6 heteroatoms. The zero-order chi connectivity index (χ0) is 12.8. The average Bonchev–Trinajstić information content (AvgIpc) is 2.40. The van der Waals surface area contributed by atoms with Gasteiger partial charge in [-0.3, -0.25) is 15.0 Å². The number of benzene rings is 1. The third kappa shape index (κ3) is 3.76. The van der Waals surface area contributed by atoms with E-state index in [0.717, 1.165) is 25.1 Å². The molecule has 0 N–H and O–H groups in total. The van der Waals surface area contributed by atoms with Crippen molar-refractivity contribution in [2.24, 2.45) is 0 Å². The van der Waals surface area contributed by atoms with Gasteiger partial charge in [-0.1, -0.05) is 12.1 Å². The van der Waals surface area contributed by atoms with Crippen LogP contribution in [0.25, 0.3) is 0 Å². The van der Waals surface area contributed by atoms with E-state index in [4.69, 9.17) is 9.57 Å². The third-order valence-corrected chi connectivity index (χ3v) is 2.78. The lowest BCUT2D eigenvalue weighted by Gasteiger charge is -2.25. The molecule has 18 heavy (non-hydrogen) atoms. The zero-order valence-electron chi connectivity index (χ0n) is 10.1. The summed E-state index contributed by atoms with van der Waals surface area (Å²) in [6.45, 7) is 3.58. The van der Waals surface area contributed by atoms with Gasteiger partial charge >= 0.3 is 0 Å². The molecule has 0 saturated carbocycles. The Kier molecular flexibility index (Phi) is 4.63. The number of rotatable bonds is 5. The fourth-order valence-electron chi connectivity index (χ4n) is 1.75. The van der Waals surface area contributed by atoms with Gasteiger partial charge in [-0.2, -0.15) is 5.06 Å². The summed E-state index contributed by atoms with van der Waals surface area (Å²) < 4.78 is 5.21. The Hall–Kier alpha value is -1.50. The summed E-state index contributed by atoms with van der Waals surface area (Å²) in [4.78, 5) is 15.7. The zero-order valence-corrected chi connectivity index (χ0v) is 10.1. The number of non-ortho nitro benzene ring substituents is 1. The van der Waals surface area contributed by atoms with E-state index in [-0.39, 0.29) is 5.69 Å². The maximum absolute atomic E-state index is 10.5. The standard InChI is InChI=1S/C12H16N2O4/c15-14(16)12-3-1-11(2-4-12)5-8-18-13-6-9-17-10-7-13/h1-4H,5-10H2. The Balaban J connectivity index is 1.74. The van der Waals surface area contributed by atoms with E-state index in [0.29, 0.717) is 19.8 Å². The Morgan fingerprint density at radius 3 is 2.56 bits per heavy atom. The van der Waals surface area contributed by atoms with Gasteiger partial charge in [0.05, 0.1) is 24.7 Å². The molecule has 1 aliphatic heterocycles. The van der Waals surface area contributed by atoms with Crippen LogP contribution >= 0.6 is 0 Å². The summed E-state index contributed by atoms with van der Waals surface area (Å²) in [5.74, 6) is 0. The molecule has 1 heterocycles. The second kappa shape index (κ2) is 6.44. The van der Waals surface area contributed by atoms with Crippen molar-refractivity contribution in [3.63, 3.8) is 0 Å². The van der Waals surface area contributed by atoms with Crippen LogP contribution in [0.15, 0.2) is 24.3 Å². The van der Waals surface area contributed by atoms with Gasteiger partial charge < -0.3 is 4.74 Å². The molecule has 1 saturated heterocycles. The number of morpholine rings is 1. The molecule has 2 rings (SSSR count). The van der Waals surface area contributed by atoms with Gasteiger partial charge in [0, 0.05) is 25.2 Å². The molecule has 0 aliphatic carbocycles. The van der Waals surface area contributed by atoms with Gasteiger partial charge in [0.25, 0.3) is 5.69 Å². The molecule has 98 valence electrons. The minimum absolute atomic E-state index is 0.118. The smallest absolute Gasteiger partial charge is 0.269 e. The normalized spacial score (nSPS) is 16.7. The van der Waals surface area contributed by atoms with Gasteiger partial charge in [-0.15, -0.1) is 0 Å². The summed E-state index contributed by atoms with van der Waals surface area (Å²) in [5.41, 5.74) is 1.15. The van der Waals surface area contributed by atoms with Crippen LogP contribution < -0.4 is 0 Å². The molecule has 6 nitrogen and oxygen atoms in total. The average molecular weight is 252 g/mol. The van der Waals surface area contributed by atoms with Crippen molar-refractivity contribution in [1.82, 2.24) is 5.06 Å². The lowest BCUT2D eigenvalue weighted by molar-refractivity contribution is -0.384. The largest absolute Gasteiger partial charge is 0.379 e. The van der Waals surface area contributed by atoms with E-state index >= 15 is 0 Å². The minimum Gasteiger partial charge on any atom is -0.379 e. The molecule has 1 aromatic carbocycles. The fourth-order valence-corrected chi connectivity index (χ4v) is 1.75. The predicted molar refractivity (Wildman–Crippen MR) is 65.1 cm³/mol. The number of ether oxygens (including phenoxy) is 1. The Morgan fingerprint density at radius 2 is 1.94 bits per heavy atom. The van der Waals surface area contributed by atoms with E-state index in [1.54, 1.807) is 12.1 Å². The summed E-state index contributed by atoms with van der Waals surface area (Å²) in [6, 6.07) is 6.57. The number of hydrogen-bond acceptors (Lipinski definition) is 5. The van der Waals surface area contributed by atoms with Crippen LogP contribution in [0.5, 0.6) is 0 Å². The van der Waals surface area contributed by atoms with Gasteiger partial charge in [-0.25, -0.2) is 0 Å². The van der Waals surface area contributed by atoms with Crippen molar-refractivity contribution in [3.05, 3.63) is 39.9 Å². The number of hydroxylamine groups is 2. The van der Waals surface area contributed by atoms with E-state index < -0.39 is 4.92 Å². The van der Waals surface area contributed by atoms with E-state index in [1.165, 1.54) is 12.1 Å². The molecule has 0 radical (unpaired) electrons. The van der Waals surface area contributed by atoms with Crippen LogP contribution in [-0.4, -0.2) is 42.9 Å². The molecule has 0 bridgehead atoms. The lowest BCUT2D eigenvalue weighted by Crippen LogP contribution is -2.36. The van der Waals surface area contributed by atoms with Gasteiger partial charge in [0.15, 0.2) is 0 Å². The first-order chi connectivity index (χ1) is 8.75. The molecule has 0 unspecified atom stereocenters. The molecule has 0 aromatic heterocycles. The van der Waals surface area contributed by atoms with Crippen molar-refractivity contribution in [1.29, 1.82) is 0 Å². The minimum atomic E-state index is -0.395. The first kappa shape index (κ1) is 12.9. The van der Waals surface area contributed by atoms with Crippen molar-refractivity contribution in [2.45, 2.75) is 6.42 Å². The molecule has 1 aliphatic rings. The monoisotopic (exact) mass is 252 g/mol. The van der Waals surface area contributed by atoms with Crippen molar-refractivity contribution >= 4 is 5.69 Å². The highest BCUT2D eigenvalue weighted by Gasteiger charge is 2.10. The molecule has 0 atom stereocenters. The first-order valence-electron chi connectivity index (χ1n) is 5.94. The number of nitro benzene ring substituents is 1. The highest BCUT2D eigenvalue weighted by Crippen LogP contribution is 2.12. The SMILES string of the molecule is O=[N+]([O-])c1ccc(CCON2CCOCC2)cc1. The summed E-state index contributed by atoms with van der Waals surface area (Å²) in [5, 5.41) is 12.4. The van der Waals surface area contributed by atoms with Crippen LogP contribution in [0, 0.1) is 10.1 Å². The quantitative estimate of drug-likeness (QED) is 0.585. The van der Waals surface area contributed by atoms with E-state index in [2.05, 4.69) is 0 Å². The summed E-state index contributed by atoms with van der Waals surface area (Å²) in [7, 11) is 0. The van der Waals surface area contributed by atoms with Crippen LogP contribution in [0.1, 0.15) is 5.56 Å². The predicted octanol–water partition coefficient (Wildman–Crippen LogP) is 1.40. The molecule has 0 spiro atoms. The maximum atomic E-state index is 10.5. The molecule has 1 aromatic rings. The topological polar surface area (TPSA) is 64.8 Å². The van der Waals surface area contributed by atoms with Crippen LogP contribution in [-0.2, 0) is 16.0 Å². The Labute approximate surface area is 105 Å². The number of nitro groups is 1. The Bertz CT molecular complexity index is 388. The van der Waals surface area contributed by atoms with E-state index in [9.17, 15) is 10.1 Å². The van der Waals surface area contributed by atoms with E-state index in [1.807, 2.05) is 5.06 Å². The van der Waals surface area contributed by atoms with Crippen molar-refractivity contribution in [3.8, 4) is 0 Å². The highest BCUT2D eigenvalue weighted by atomic mass is 16.7. The molecule has 1 fully saturated rings. The van der Waals surface area contributed by atoms with Gasteiger partial charge in [0.1, 0.15) is 0 Å². The molecule has 0 amide bonds. The lowest BCUT2D eigenvalue weighted by atomic mass is 10.1. The van der Waals surface area contributed by atoms with Gasteiger partial charge in [-0.05, 0) is 12.0 Å². The Morgan fingerprint density at radius 1 is 1.28 bits per heavy atom. The summed E-state index contributed by atoms with van der Waals surface area (Å²) >= 11 is 0. The fraction of sp³-hybridized carbons (Fsp3) is 0.500. The van der Waals surface area contributed by atoms with Crippen LogP contribution in [0.4, 0.5) is 5.69 Å². The summed E-state index contributed by atoms with van der Waals surface area (Å²) in [6.07, 6.45) is 0.745. The molecular weight excluding hydrogens is 236 g/mol. The van der Waals surface area contributed by atoms with Crippen molar-refractivity contribution < 1.29 is 14.5 Å². The second-order valence-corrected chi connectivity index (χ2v) is 4.05. The second-order valence-electron chi connectivity index (χ2n) is 4.05. The molecular formula is C12H16N2O4. The number of nitrogens with zero attached hydrogens (tertiary/aromatic N) is 2. The maximum Gasteiger partial charge on any atom is 0.269 e. The van der Waals surface area contributed by atoms with Crippen molar-refractivity contribution in [2.75, 3.05) is 32.9 Å². The van der Waals surface area contributed by atoms with Crippen LogP contribution in [0.3, 0.4) is 0 Å². The number of hydrogen-bond donors (Lipinski definition) is 0. The van der Waals surface area contributed by atoms with Crippen LogP contribution in [0.2, 0.25) is 0 Å². The third-order valence-electron chi connectivity index (χ3n) is 2.78. The first-order valence-corrected chi connectivity index (χ1v) is 5.94. The highest BCUT2D eigenvalue weighted by molar-refractivity contribution is 5.32. The van der Waals surface area contributed by atoms with Gasteiger partial charge in [0.2, 0.25) is 0 Å².